The Labute approximate surface area is 191 Å². The third kappa shape index (κ3) is 6.46. The number of hydrogen-bond donors (Lipinski definition) is 3. The standard InChI is InChI=1S/C24H27N3O4S/c1-3-31-23(30)19-11-9-17(10-12-19)13-14-25-15-20(28)21-16(2)26-24(32-21)27-22(29)18-7-5-4-6-8-18/h4-12,20,25,28H,3,13-15H2,1-2H3,(H,26,27,29). The van der Waals surface area contributed by atoms with Crippen molar-refractivity contribution in [1.29, 1.82) is 0 Å². The highest BCUT2D eigenvalue weighted by molar-refractivity contribution is 7.16. The van der Waals surface area contributed by atoms with Crippen molar-refractivity contribution >= 4 is 28.3 Å². The lowest BCUT2D eigenvalue weighted by molar-refractivity contribution is 0.0526. The maximum Gasteiger partial charge on any atom is 0.338 e. The molecule has 0 saturated heterocycles. The van der Waals surface area contributed by atoms with Crippen LogP contribution in [0.4, 0.5) is 5.13 Å². The van der Waals surface area contributed by atoms with Crippen molar-refractivity contribution in [2.75, 3.05) is 25.0 Å². The Hall–Kier alpha value is -3.07. The van der Waals surface area contributed by atoms with Crippen LogP contribution in [0.2, 0.25) is 0 Å². The van der Waals surface area contributed by atoms with Crippen LogP contribution in [-0.2, 0) is 11.2 Å². The summed E-state index contributed by atoms with van der Waals surface area (Å²) in [5.74, 6) is -0.549. The van der Waals surface area contributed by atoms with Crippen LogP contribution >= 0.6 is 11.3 Å². The van der Waals surface area contributed by atoms with Gasteiger partial charge in [-0.25, -0.2) is 9.78 Å². The van der Waals surface area contributed by atoms with Crippen LogP contribution in [0, 0.1) is 6.92 Å². The molecule has 3 N–H and O–H groups in total. The summed E-state index contributed by atoms with van der Waals surface area (Å²) in [5.41, 5.74) is 2.87. The minimum Gasteiger partial charge on any atom is -0.462 e. The molecular weight excluding hydrogens is 426 g/mol. The second-order valence-electron chi connectivity index (χ2n) is 7.18. The van der Waals surface area contributed by atoms with Gasteiger partial charge in [0.2, 0.25) is 0 Å². The van der Waals surface area contributed by atoms with E-state index in [-0.39, 0.29) is 11.9 Å². The highest BCUT2D eigenvalue weighted by atomic mass is 32.1. The number of carbonyl (C=O) groups is 2. The van der Waals surface area contributed by atoms with E-state index in [1.165, 1.54) is 11.3 Å². The van der Waals surface area contributed by atoms with Gasteiger partial charge in [0, 0.05) is 12.1 Å². The van der Waals surface area contributed by atoms with Crippen molar-refractivity contribution in [1.82, 2.24) is 10.3 Å². The molecule has 0 saturated carbocycles. The molecule has 3 rings (SSSR count). The number of aliphatic hydroxyl groups is 1. The molecule has 0 spiro atoms. The number of ether oxygens (including phenoxy) is 1. The minimum absolute atomic E-state index is 0.229. The molecule has 7 nitrogen and oxygen atoms in total. The van der Waals surface area contributed by atoms with Gasteiger partial charge < -0.3 is 15.2 Å². The lowest BCUT2D eigenvalue weighted by Gasteiger charge is -2.11. The van der Waals surface area contributed by atoms with Gasteiger partial charge in [0.15, 0.2) is 5.13 Å². The van der Waals surface area contributed by atoms with Gasteiger partial charge in [0.25, 0.3) is 5.91 Å². The van der Waals surface area contributed by atoms with Crippen molar-refractivity contribution in [3.8, 4) is 0 Å². The van der Waals surface area contributed by atoms with Crippen LogP contribution in [0.3, 0.4) is 0 Å². The highest BCUT2D eigenvalue weighted by Crippen LogP contribution is 2.28. The Bertz CT molecular complexity index is 1040. The molecule has 1 amide bonds. The molecule has 32 heavy (non-hydrogen) atoms. The van der Waals surface area contributed by atoms with Gasteiger partial charge in [-0.15, -0.1) is 0 Å². The maximum atomic E-state index is 12.3. The quantitative estimate of drug-likeness (QED) is 0.319. The van der Waals surface area contributed by atoms with Crippen molar-refractivity contribution in [2.24, 2.45) is 0 Å². The van der Waals surface area contributed by atoms with Gasteiger partial charge in [-0.2, -0.15) is 0 Å². The molecule has 0 aliphatic heterocycles. The number of benzene rings is 2. The summed E-state index contributed by atoms with van der Waals surface area (Å²) in [5, 5.41) is 17.1. The first-order chi connectivity index (χ1) is 15.5. The SMILES string of the molecule is CCOC(=O)c1ccc(CCNCC(O)c2sc(NC(=O)c3ccccc3)nc2C)cc1. The molecule has 0 aliphatic rings. The topological polar surface area (TPSA) is 101 Å². The second-order valence-corrected chi connectivity index (χ2v) is 8.21. The zero-order valence-corrected chi connectivity index (χ0v) is 18.9. The third-order valence-electron chi connectivity index (χ3n) is 4.78. The van der Waals surface area contributed by atoms with Crippen LogP contribution in [0.5, 0.6) is 0 Å². The Balaban J connectivity index is 1.46. The molecule has 2 aromatic carbocycles. The number of amides is 1. The first-order valence-electron chi connectivity index (χ1n) is 10.5. The molecule has 0 fully saturated rings. The van der Waals surface area contributed by atoms with Crippen LogP contribution in [0.25, 0.3) is 0 Å². The molecule has 168 valence electrons. The lowest BCUT2D eigenvalue weighted by Crippen LogP contribution is -2.23. The Morgan fingerprint density at radius 3 is 2.50 bits per heavy atom. The van der Waals surface area contributed by atoms with E-state index in [1.54, 1.807) is 43.3 Å². The average Bonchev–Trinajstić information content (AvgIpc) is 3.17. The van der Waals surface area contributed by atoms with E-state index in [0.717, 1.165) is 16.9 Å². The summed E-state index contributed by atoms with van der Waals surface area (Å²) in [4.78, 5) is 29.1. The van der Waals surface area contributed by atoms with E-state index in [2.05, 4.69) is 15.6 Å². The number of hydrogen-bond acceptors (Lipinski definition) is 7. The summed E-state index contributed by atoms with van der Waals surface area (Å²) in [6, 6.07) is 16.3. The lowest BCUT2D eigenvalue weighted by atomic mass is 10.1. The number of rotatable bonds is 10. The monoisotopic (exact) mass is 453 g/mol. The number of carbonyl (C=O) groups excluding carboxylic acids is 2. The van der Waals surface area contributed by atoms with Crippen molar-refractivity contribution < 1.29 is 19.4 Å². The van der Waals surface area contributed by atoms with E-state index in [1.807, 2.05) is 25.1 Å². The zero-order chi connectivity index (χ0) is 22.9. The normalized spacial score (nSPS) is 11.7. The molecular formula is C24H27N3O4S. The number of anilines is 1. The van der Waals surface area contributed by atoms with Crippen molar-refractivity contribution in [3.63, 3.8) is 0 Å². The molecule has 1 heterocycles. The summed E-state index contributed by atoms with van der Waals surface area (Å²) in [7, 11) is 0. The number of thiazole rings is 1. The maximum absolute atomic E-state index is 12.3. The average molecular weight is 454 g/mol. The van der Waals surface area contributed by atoms with E-state index < -0.39 is 6.10 Å². The van der Waals surface area contributed by atoms with E-state index >= 15 is 0 Å². The number of esters is 1. The number of aromatic nitrogens is 1. The van der Waals surface area contributed by atoms with E-state index in [0.29, 0.717) is 41.6 Å². The Morgan fingerprint density at radius 1 is 1.09 bits per heavy atom. The Morgan fingerprint density at radius 2 is 1.81 bits per heavy atom. The summed E-state index contributed by atoms with van der Waals surface area (Å²) in [6.45, 7) is 4.99. The first kappa shape index (κ1) is 23.6. The number of aliphatic hydroxyl groups excluding tert-OH is 1. The second kappa shape index (κ2) is 11.5. The number of nitrogens with one attached hydrogen (secondary N) is 2. The predicted octanol–water partition coefficient (Wildman–Crippen LogP) is 3.75. The summed E-state index contributed by atoms with van der Waals surface area (Å²) >= 11 is 1.28. The minimum atomic E-state index is -0.721. The number of nitrogens with zero attached hydrogens (tertiary/aromatic N) is 1. The van der Waals surface area contributed by atoms with Gasteiger partial charge >= 0.3 is 5.97 Å². The van der Waals surface area contributed by atoms with Gasteiger partial charge in [0.05, 0.1) is 22.7 Å². The zero-order valence-electron chi connectivity index (χ0n) is 18.1. The van der Waals surface area contributed by atoms with Gasteiger partial charge in [-0.1, -0.05) is 41.7 Å². The highest BCUT2D eigenvalue weighted by Gasteiger charge is 2.17. The van der Waals surface area contributed by atoms with Crippen LogP contribution in [0.1, 0.15) is 49.9 Å². The molecule has 8 heteroatoms. The van der Waals surface area contributed by atoms with E-state index in [4.69, 9.17) is 4.74 Å². The molecule has 0 bridgehead atoms. The van der Waals surface area contributed by atoms with Crippen molar-refractivity contribution in [2.45, 2.75) is 26.4 Å². The van der Waals surface area contributed by atoms with Crippen LogP contribution < -0.4 is 10.6 Å². The summed E-state index contributed by atoms with van der Waals surface area (Å²) < 4.78 is 4.98. The molecule has 1 atom stereocenters. The fourth-order valence-corrected chi connectivity index (χ4v) is 4.06. The molecule has 1 unspecified atom stereocenters. The fraction of sp³-hybridized carbons (Fsp3) is 0.292. The van der Waals surface area contributed by atoms with Gasteiger partial charge in [-0.05, 0) is 56.6 Å². The molecule has 3 aromatic rings. The third-order valence-corrected chi connectivity index (χ3v) is 5.96. The Kier molecular flexibility index (Phi) is 8.49. The van der Waals surface area contributed by atoms with Gasteiger partial charge in [-0.3, -0.25) is 10.1 Å². The summed E-state index contributed by atoms with van der Waals surface area (Å²) in [6.07, 6.45) is 0.0386. The van der Waals surface area contributed by atoms with Crippen molar-refractivity contribution in [3.05, 3.63) is 81.9 Å². The fourth-order valence-electron chi connectivity index (χ4n) is 3.12. The number of aryl methyl sites for hydroxylation is 1. The first-order valence-corrected chi connectivity index (χ1v) is 11.3. The molecule has 0 radical (unpaired) electrons. The largest absolute Gasteiger partial charge is 0.462 e. The van der Waals surface area contributed by atoms with Crippen LogP contribution in [0.15, 0.2) is 54.6 Å². The smallest absolute Gasteiger partial charge is 0.338 e. The van der Waals surface area contributed by atoms with Crippen LogP contribution in [-0.4, -0.2) is 41.7 Å². The van der Waals surface area contributed by atoms with Gasteiger partial charge in [0.1, 0.15) is 6.10 Å². The molecule has 1 aromatic heterocycles. The predicted molar refractivity (Wildman–Crippen MR) is 125 cm³/mol. The molecule has 0 aliphatic carbocycles. The van der Waals surface area contributed by atoms with E-state index in [9.17, 15) is 14.7 Å².